The van der Waals surface area contributed by atoms with Gasteiger partial charge in [0.1, 0.15) is 5.69 Å². The van der Waals surface area contributed by atoms with Crippen molar-refractivity contribution in [2.75, 3.05) is 0 Å². The van der Waals surface area contributed by atoms with Gasteiger partial charge in [-0.25, -0.2) is 4.68 Å². The number of aliphatic hydroxyl groups excluding tert-OH is 1. The minimum atomic E-state index is -4.58. The summed E-state index contributed by atoms with van der Waals surface area (Å²) in [5.74, 6) is 0. The minimum Gasteiger partial charge on any atom is -0.388 e. The Balaban J connectivity index is 1.81. The Labute approximate surface area is 146 Å². The molecule has 3 aromatic rings. The van der Waals surface area contributed by atoms with E-state index in [0.29, 0.717) is 0 Å². The van der Waals surface area contributed by atoms with Crippen molar-refractivity contribution < 1.29 is 18.3 Å². The summed E-state index contributed by atoms with van der Waals surface area (Å²) >= 11 is 5.89. The Hall–Kier alpha value is -2.38. The number of rotatable bonds is 4. The molecule has 2 heterocycles. The lowest BCUT2D eigenvalue weighted by molar-refractivity contribution is -0.141. The number of nitrogens with zero attached hydrogens (tertiary/aromatic N) is 3. The number of halogens is 4. The molecule has 0 radical (unpaired) electrons. The molecule has 0 aliphatic carbocycles. The van der Waals surface area contributed by atoms with Crippen molar-refractivity contribution in [3.8, 4) is 5.69 Å². The van der Waals surface area contributed by atoms with Crippen LogP contribution in [-0.4, -0.2) is 19.9 Å². The minimum absolute atomic E-state index is 0.152. The summed E-state index contributed by atoms with van der Waals surface area (Å²) in [6.45, 7) is 0. The molecule has 0 aliphatic heterocycles. The SMILES string of the molecule is OC(Cc1cccc(-n2cccn2)c1)c1cnc(C(F)(F)F)cc1Cl. The average Bonchev–Trinajstić information content (AvgIpc) is 3.08. The number of aromatic nitrogens is 3. The lowest BCUT2D eigenvalue weighted by atomic mass is 10.0. The molecule has 0 amide bonds. The molecule has 25 heavy (non-hydrogen) atoms. The monoisotopic (exact) mass is 367 g/mol. The van der Waals surface area contributed by atoms with Crippen molar-refractivity contribution in [2.24, 2.45) is 0 Å². The Morgan fingerprint density at radius 3 is 2.64 bits per heavy atom. The van der Waals surface area contributed by atoms with Crippen LogP contribution >= 0.6 is 11.6 Å². The highest BCUT2D eigenvalue weighted by Crippen LogP contribution is 2.32. The number of hydrogen-bond acceptors (Lipinski definition) is 3. The van der Waals surface area contributed by atoms with E-state index in [2.05, 4.69) is 10.1 Å². The summed E-state index contributed by atoms with van der Waals surface area (Å²) in [7, 11) is 0. The van der Waals surface area contributed by atoms with Gasteiger partial charge in [0.2, 0.25) is 0 Å². The summed E-state index contributed by atoms with van der Waals surface area (Å²) in [5.41, 5.74) is 0.663. The van der Waals surface area contributed by atoms with Crippen LogP contribution in [0, 0.1) is 0 Å². The maximum absolute atomic E-state index is 12.6. The Morgan fingerprint density at radius 1 is 1.20 bits per heavy atom. The van der Waals surface area contributed by atoms with Gasteiger partial charge in [-0.05, 0) is 29.8 Å². The zero-order valence-electron chi connectivity index (χ0n) is 12.8. The van der Waals surface area contributed by atoms with Crippen molar-refractivity contribution in [3.05, 3.63) is 76.8 Å². The molecule has 1 N–H and O–H groups in total. The quantitative estimate of drug-likeness (QED) is 0.751. The number of alkyl halides is 3. The van der Waals surface area contributed by atoms with Gasteiger partial charge in [0.25, 0.3) is 0 Å². The molecule has 2 aromatic heterocycles. The van der Waals surface area contributed by atoms with E-state index in [1.54, 1.807) is 23.1 Å². The lowest BCUT2D eigenvalue weighted by Crippen LogP contribution is -2.10. The molecule has 0 saturated carbocycles. The van der Waals surface area contributed by atoms with E-state index in [1.807, 2.05) is 24.3 Å². The standard InChI is InChI=1S/C17H13ClF3N3O/c18-14-9-16(17(19,20)21)22-10-13(14)15(25)8-11-3-1-4-12(7-11)24-6-2-5-23-24/h1-7,9-10,15,25H,8H2. The molecular formula is C17H13ClF3N3O. The van der Waals surface area contributed by atoms with Crippen molar-refractivity contribution in [2.45, 2.75) is 18.7 Å². The van der Waals surface area contributed by atoms with E-state index < -0.39 is 18.0 Å². The smallest absolute Gasteiger partial charge is 0.388 e. The topological polar surface area (TPSA) is 50.9 Å². The van der Waals surface area contributed by atoms with Crippen LogP contribution in [0.5, 0.6) is 0 Å². The molecule has 0 fully saturated rings. The van der Waals surface area contributed by atoms with Gasteiger partial charge >= 0.3 is 6.18 Å². The van der Waals surface area contributed by atoms with Crippen LogP contribution in [0.15, 0.2) is 55.0 Å². The third-order valence-corrected chi connectivity index (χ3v) is 3.97. The van der Waals surface area contributed by atoms with Crippen LogP contribution in [-0.2, 0) is 12.6 Å². The molecule has 130 valence electrons. The van der Waals surface area contributed by atoms with Crippen LogP contribution in [0.4, 0.5) is 13.2 Å². The first kappa shape index (κ1) is 17.4. The lowest BCUT2D eigenvalue weighted by Gasteiger charge is -2.15. The molecule has 1 unspecified atom stereocenters. The van der Waals surface area contributed by atoms with Crippen molar-refractivity contribution >= 4 is 11.6 Å². The van der Waals surface area contributed by atoms with E-state index in [-0.39, 0.29) is 17.0 Å². The molecule has 1 atom stereocenters. The predicted octanol–water partition coefficient (Wildman–Crippen LogP) is 4.22. The molecule has 0 bridgehead atoms. The number of benzene rings is 1. The number of pyridine rings is 1. The molecule has 1 aromatic carbocycles. The highest BCUT2D eigenvalue weighted by atomic mass is 35.5. The van der Waals surface area contributed by atoms with Gasteiger partial charge in [-0.15, -0.1) is 0 Å². The number of hydrogen-bond donors (Lipinski definition) is 1. The number of aliphatic hydroxyl groups is 1. The molecule has 0 saturated heterocycles. The fourth-order valence-electron chi connectivity index (χ4n) is 2.42. The van der Waals surface area contributed by atoms with Gasteiger partial charge in [-0.1, -0.05) is 23.7 Å². The largest absolute Gasteiger partial charge is 0.433 e. The van der Waals surface area contributed by atoms with Crippen LogP contribution in [0.2, 0.25) is 5.02 Å². The van der Waals surface area contributed by atoms with Gasteiger partial charge in [-0.2, -0.15) is 18.3 Å². The summed E-state index contributed by atoms with van der Waals surface area (Å²) in [6.07, 6.45) is -1.07. The summed E-state index contributed by atoms with van der Waals surface area (Å²) in [6, 6.07) is 9.82. The Kier molecular flexibility index (Phi) is 4.78. The van der Waals surface area contributed by atoms with E-state index in [0.717, 1.165) is 23.5 Å². The van der Waals surface area contributed by atoms with Crippen LogP contribution in [0.25, 0.3) is 5.69 Å². The third kappa shape index (κ3) is 4.00. The first-order valence-electron chi connectivity index (χ1n) is 7.34. The molecule has 0 aliphatic rings. The van der Waals surface area contributed by atoms with E-state index in [4.69, 9.17) is 11.6 Å². The first-order valence-corrected chi connectivity index (χ1v) is 7.72. The Morgan fingerprint density at radius 2 is 2.00 bits per heavy atom. The average molecular weight is 368 g/mol. The molecule has 3 rings (SSSR count). The maximum atomic E-state index is 12.6. The van der Waals surface area contributed by atoms with Crippen molar-refractivity contribution in [1.82, 2.24) is 14.8 Å². The van der Waals surface area contributed by atoms with Gasteiger partial charge in [0.15, 0.2) is 0 Å². The summed E-state index contributed by atoms with van der Waals surface area (Å²) in [4.78, 5) is 3.35. The Bertz CT molecular complexity index is 866. The molecule has 8 heteroatoms. The molecule has 4 nitrogen and oxygen atoms in total. The molecule has 0 spiro atoms. The van der Waals surface area contributed by atoms with Gasteiger partial charge in [-0.3, -0.25) is 4.98 Å². The fourth-order valence-corrected chi connectivity index (χ4v) is 2.70. The van der Waals surface area contributed by atoms with Crippen LogP contribution in [0.3, 0.4) is 0 Å². The second-order valence-electron chi connectivity index (χ2n) is 5.43. The maximum Gasteiger partial charge on any atom is 0.433 e. The third-order valence-electron chi connectivity index (χ3n) is 3.64. The normalized spacial score (nSPS) is 13.0. The second-order valence-corrected chi connectivity index (χ2v) is 5.84. The van der Waals surface area contributed by atoms with Gasteiger partial charge < -0.3 is 5.11 Å². The predicted molar refractivity (Wildman–Crippen MR) is 86.5 cm³/mol. The first-order chi connectivity index (χ1) is 11.8. The van der Waals surface area contributed by atoms with Gasteiger partial charge in [0, 0.05) is 30.6 Å². The second kappa shape index (κ2) is 6.85. The summed E-state index contributed by atoms with van der Waals surface area (Å²) < 4.78 is 39.6. The van der Waals surface area contributed by atoms with E-state index in [1.165, 1.54) is 0 Å². The van der Waals surface area contributed by atoms with Gasteiger partial charge in [0.05, 0.1) is 16.8 Å². The van der Waals surface area contributed by atoms with Crippen LogP contribution < -0.4 is 0 Å². The molecular weight excluding hydrogens is 355 g/mol. The highest BCUT2D eigenvalue weighted by molar-refractivity contribution is 6.31. The zero-order chi connectivity index (χ0) is 18.0. The van der Waals surface area contributed by atoms with Crippen molar-refractivity contribution in [3.63, 3.8) is 0 Å². The fraction of sp³-hybridized carbons (Fsp3) is 0.176. The summed E-state index contributed by atoms with van der Waals surface area (Å²) in [5, 5.41) is 14.3. The van der Waals surface area contributed by atoms with E-state index >= 15 is 0 Å². The van der Waals surface area contributed by atoms with Crippen molar-refractivity contribution in [1.29, 1.82) is 0 Å². The highest BCUT2D eigenvalue weighted by Gasteiger charge is 2.33. The van der Waals surface area contributed by atoms with E-state index in [9.17, 15) is 18.3 Å². The van der Waals surface area contributed by atoms with Crippen LogP contribution in [0.1, 0.15) is 22.9 Å². The zero-order valence-corrected chi connectivity index (χ0v) is 13.5.